The van der Waals surface area contributed by atoms with Gasteiger partial charge in [-0.15, -0.1) is 0 Å². The number of fused-ring (bicyclic) bond motifs is 1. The van der Waals surface area contributed by atoms with Crippen LogP contribution < -0.4 is 10.1 Å². The molecular weight excluding hydrogens is 357 g/mol. The van der Waals surface area contributed by atoms with E-state index in [1.165, 1.54) is 12.1 Å². The van der Waals surface area contributed by atoms with Crippen molar-refractivity contribution in [3.05, 3.63) is 76.9 Å². The Morgan fingerprint density at radius 3 is 2.68 bits per heavy atom. The Morgan fingerprint density at radius 1 is 1.18 bits per heavy atom. The summed E-state index contributed by atoms with van der Waals surface area (Å²) in [6.45, 7) is 1.92. The van der Waals surface area contributed by atoms with Crippen LogP contribution in [0.4, 0.5) is 4.39 Å². The zero-order valence-electron chi connectivity index (χ0n) is 15.9. The number of carbonyl (C=O) groups is 1. The van der Waals surface area contributed by atoms with E-state index in [1.54, 1.807) is 23.9 Å². The van der Waals surface area contributed by atoms with Crippen molar-refractivity contribution in [2.45, 2.75) is 32.2 Å². The Balaban J connectivity index is 1.63. The average molecular weight is 379 g/mol. The van der Waals surface area contributed by atoms with Crippen molar-refractivity contribution in [2.24, 2.45) is 0 Å². The monoisotopic (exact) mass is 379 g/mol. The fraction of sp³-hybridized carbons (Fsp3) is 0.273. The lowest BCUT2D eigenvalue weighted by Crippen LogP contribution is -2.28. The molecule has 0 radical (unpaired) electrons. The molecule has 0 bridgehead atoms. The molecule has 2 aromatic carbocycles. The molecule has 1 amide bonds. The third-order valence-electron chi connectivity index (χ3n) is 5.17. The topological polar surface area (TPSA) is 56.1 Å². The molecular formula is C22H22FN3O2. The van der Waals surface area contributed by atoms with Gasteiger partial charge >= 0.3 is 0 Å². The van der Waals surface area contributed by atoms with E-state index in [-0.39, 0.29) is 17.8 Å². The molecule has 1 aliphatic rings. The van der Waals surface area contributed by atoms with Crippen molar-refractivity contribution in [2.75, 3.05) is 7.11 Å². The minimum atomic E-state index is -0.295. The predicted molar refractivity (Wildman–Crippen MR) is 104 cm³/mol. The van der Waals surface area contributed by atoms with Crippen molar-refractivity contribution >= 4 is 5.91 Å². The number of hydrogen-bond donors (Lipinski definition) is 1. The minimum absolute atomic E-state index is 0.211. The van der Waals surface area contributed by atoms with Crippen molar-refractivity contribution in [3.8, 4) is 11.4 Å². The molecule has 1 heterocycles. The van der Waals surface area contributed by atoms with Crippen molar-refractivity contribution in [3.63, 3.8) is 0 Å². The second-order valence-corrected chi connectivity index (χ2v) is 6.95. The van der Waals surface area contributed by atoms with Crippen LogP contribution in [0.25, 0.3) is 5.69 Å². The van der Waals surface area contributed by atoms with Gasteiger partial charge in [0.15, 0.2) is 5.69 Å². The molecule has 28 heavy (non-hydrogen) atoms. The Kier molecular flexibility index (Phi) is 4.86. The van der Waals surface area contributed by atoms with E-state index >= 15 is 0 Å². The first kappa shape index (κ1) is 18.2. The number of carbonyl (C=O) groups excluding carboxylic acids is 1. The highest BCUT2D eigenvalue weighted by Crippen LogP contribution is 2.29. The van der Waals surface area contributed by atoms with E-state index in [4.69, 9.17) is 4.74 Å². The molecule has 144 valence electrons. The van der Waals surface area contributed by atoms with Gasteiger partial charge in [0, 0.05) is 16.8 Å². The summed E-state index contributed by atoms with van der Waals surface area (Å²) in [6.07, 6.45) is 2.66. The van der Waals surface area contributed by atoms with Gasteiger partial charge in [0.05, 0.1) is 18.8 Å². The number of methoxy groups -OCH3 is 1. The molecule has 0 saturated carbocycles. The summed E-state index contributed by atoms with van der Waals surface area (Å²) in [5, 5.41) is 7.61. The van der Waals surface area contributed by atoms with Crippen molar-refractivity contribution < 1.29 is 13.9 Å². The van der Waals surface area contributed by atoms with Crippen LogP contribution in [-0.2, 0) is 12.8 Å². The number of para-hydroxylation sites is 1. The smallest absolute Gasteiger partial charge is 0.272 e. The standard InChI is InChI=1S/C22H22FN3O2/c1-14(17-6-3-4-9-20(17)28-2)24-22(27)21-18-7-5-8-19(18)26(25-21)16-12-10-15(23)11-13-16/h3-4,6,9-14H,5,7-8H2,1-2H3,(H,24,27)/t14-/m1/s1. The van der Waals surface area contributed by atoms with E-state index in [0.717, 1.165) is 47.5 Å². The highest BCUT2D eigenvalue weighted by atomic mass is 19.1. The lowest BCUT2D eigenvalue weighted by molar-refractivity contribution is 0.0933. The summed E-state index contributed by atoms with van der Waals surface area (Å²) in [5.41, 5.74) is 4.12. The summed E-state index contributed by atoms with van der Waals surface area (Å²) in [7, 11) is 1.62. The number of aromatic nitrogens is 2. The molecule has 0 fully saturated rings. The first-order valence-electron chi connectivity index (χ1n) is 9.39. The van der Waals surface area contributed by atoms with E-state index in [2.05, 4.69) is 10.4 Å². The summed E-state index contributed by atoms with van der Waals surface area (Å²) >= 11 is 0. The Bertz CT molecular complexity index is 1010. The highest BCUT2D eigenvalue weighted by Gasteiger charge is 2.28. The molecule has 6 heteroatoms. The van der Waals surface area contributed by atoms with Gasteiger partial charge in [-0.2, -0.15) is 5.10 Å². The number of amides is 1. The van der Waals surface area contributed by atoms with Gasteiger partial charge in [0.2, 0.25) is 0 Å². The Labute approximate surface area is 163 Å². The van der Waals surface area contributed by atoms with Crippen LogP contribution in [0.3, 0.4) is 0 Å². The minimum Gasteiger partial charge on any atom is -0.496 e. The fourth-order valence-corrected chi connectivity index (χ4v) is 3.78. The number of hydrogen-bond acceptors (Lipinski definition) is 3. The summed E-state index contributed by atoms with van der Waals surface area (Å²) in [6, 6.07) is 13.6. The summed E-state index contributed by atoms with van der Waals surface area (Å²) in [5.74, 6) is 0.228. The Morgan fingerprint density at radius 2 is 1.93 bits per heavy atom. The van der Waals surface area contributed by atoms with Gasteiger partial charge in [-0.05, 0) is 56.5 Å². The average Bonchev–Trinajstić information content (AvgIpc) is 3.31. The Hall–Kier alpha value is -3.15. The van der Waals surface area contributed by atoms with Crippen LogP contribution in [0.5, 0.6) is 5.75 Å². The quantitative estimate of drug-likeness (QED) is 0.729. The second-order valence-electron chi connectivity index (χ2n) is 6.95. The molecule has 0 unspecified atom stereocenters. The number of rotatable bonds is 5. The maximum Gasteiger partial charge on any atom is 0.272 e. The van der Waals surface area contributed by atoms with E-state index in [9.17, 15) is 9.18 Å². The number of ether oxygens (including phenoxy) is 1. The second kappa shape index (κ2) is 7.46. The van der Waals surface area contributed by atoms with Gasteiger partial charge in [0.25, 0.3) is 5.91 Å². The van der Waals surface area contributed by atoms with Crippen LogP contribution in [0.1, 0.15) is 46.7 Å². The fourth-order valence-electron chi connectivity index (χ4n) is 3.78. The van der Waals surface area contributed by atoms with Gasteiger partial charge in [-0.25, -0.2) is 9.07 Å². The van der Waals surface area contributed by atoms with E-state index in [1.807, 2.05) is 31.2 Å². The maximum atomic E-state index is 13.3. The number of benzene rings is 2. The molecule has 1 N–H and O–H groups in total. The van der Waals surface area contributed by atoms with Crippen LogP contribution in [0.2, 0.25) is 0 Å². The highest BCUT2D eigenvalue weighted by molar-refractivity contribution is 5.94. The van der Waals surface area contributed by atoms with Crippen LogP contribution in [0, 0.1) is 5.82 Å². The van der Waals surface area contributed by atoms with Crippen LogP contribution in [0.15, 0.2) is 48.5 Å². The zero-order chi connectivity index (χ0) is 19.7. The first-order valence-corrected chi connectivity index (χ1v) is 9.39. The first-order chi connectivity index (χ1) is 13.6. The maximum absolute atomic E-state index is 13.3. The van der Waals surface area contributed by atoms with Crippen molar-refractivity contribution in [1.29, 1.82) is 0 Å². The largest absolute Gasteiger partial charge is 0.496 e. The lowest BCUT2D eigenvalue weighted by atomic mass is 10.1. The predicted octanol–water partition coefficient (Wildman–Crippen LogP) is 4.00. The molecule has 0 saturated heterocycles. The third kappa shape index (κ3) is 3.26. The number of nitrogens with zero attached hydrogens (tertiary/aromatic N) is 2. The SMILES string of the molecule is COc1ccccc1[C@@H](C)NC(=O)c1nn(-c2ccc(F)cc2)c2c1CCC2. The molecule has 1 atom stereocenters. The van der Waals surface area contributed by atoms with Gasteiger partial charge in [-0.3, -0.25) is 4.79 Å². The molecule has 5 nitrogen and oxygen atoms in total. The molecule has 0 aliphatic heterocycles. The van der Waals surface area contributed by atoms with Gasteiger partial charge in [-0.1, -0.05) is 18.2 Å². The summed E-state index contributed by atoms with van der Waals surface area (Å²) in [4.78, 5) is 13.0. The molecule has 4 rings (SSSR count). The van der Waals surface area contributed by atoms with E-state index < -0.39 is 0 Å². The van der Waals surface area contributed by atoms with Gasteiger partial charge < -0.3 is 10.1 Å². The third-order valence-corrected chi connectivity index (χ3v) is 5.17. The van der Waals surface area contributed by atoms with E-state index in [0.29, 0.717) is 5.69 Å². The van der Waals surface area contributed by atoms with Crippen LogP contribution >= 0.6 is 0 Å². The number of nitrogens with one attached hydrogen (secondary N) is 1. The van der Waals surface area contributed by atoms with Crippen molar-refractivity contribution in [1.82, 2.24) is 15.1 Å². The molecule has 3 aromatic rings. The lowest BCUT2D eigenvalue weighted by Gasteiger charge is -2.17. The number of halogens is 1. The zero-order valence-corrected chi connectivity index (χ0v) is 15.9. The normalized spacial score (nSPS) is 13.8. The molecule has 1 aliphatic carbocycles. The summed E-state index contributed by atoms with van der Waals surface area (Å²) < 4.78 is 20.4. The molecule has 0 spiro atoms. The molecule has 1 aromatic heterocycles. The van der Waals surface area contributed by atoms with Crippen LogP contribution in [-0.4, -0.2) is 22.8 Å². The van der Waals surface area contributed by atoms with Gasteiger partial charge in [0.1, 0.15) is 11.6 Å².